The molecule has 0 radical (unpaired) electrons. The van der Waals surface area contributed by atoms with Crippen LogP contribution in [0.2, 0.25) is 0 Å². The molecule has 0 saturated heterocycles. The molecule has 3 heteroatoms. The third-order valence-electron chi connectivity index (χ3n) is 2.73. The van der Waals surface area contributed by atoms with Crippen LogP contribution in [0.1, 0.15) is 11.1 Å². The zero-order valence-corrected chi connectivity index (χ0v) is 10.5. The lowest BCUT2D eigenvalue weighted by Crippen LogP contribution is -2.06. The smallest absolute Gasteiger partial charge is 0.127 e. The number of halogens is 1. The van der Waals surface area contributed by atoms with Gasteiger partial charge in [-0.25, -0.2) is 4.39 Å². The van der Waals surface area contributed by atoms with E-state index >= 15 is 0 Å². The van der Waals surface area contributed by atoms with Gasteiger partial charge in [-0.1, -0.05) is 6.07 Å². The lowest BCUT2D eigenvalue weighted by Gasteiger charge is -2.09. The van der Waals surface area contributed by atoms with Crippen LogP contribution in [0.25, 0.3) is 0 Å². The average Bonchev–Trinajstić information content (AvgIpc) is 2.36. The van der Waals surface area contributed by atoms with E-state index < -0.39 is 0 Å². The Hall–Kier alpha value is -1.87. The van der Waals surface area contributed by atoms with Crippen LogP contribution in [0.3, 0.4) is 0 Å². The van der Waals surface area contributed by atoms with E-state index in [4.69, 9.17) is 4.74 Å². The second-order valence-corrected chi connectivity index (χ2v) is 4.17. The number of benzene rings is 2. The van der Waals surface area contributed by atoms with E-state index in [-0.39, 0.29) is 5.82 Å². The molecule has 0 aromatic heterocycles. The Morgan fingerprint density at radius 3 is 2.33 bits per heavy atom. The van der Waals surface area contributed by atoms with Crippen molar-refractivity contribution in [3.05, 3.63) is 59.4 Å². The van der Waals surface area contributed by atoms with Gasteiger partial charge in [0.1, 0.15) is 17.3 Å². The van der Waals surface area contributed by atoms with Gasteiger partial charge in [-0.2, -0.15) is 0 Å². The van der Waals surface area contributed by atoms with Crippen LogP contribution < -0.4 is 10.1 Å². The van der Waals surface area contributed by atoms with Crippen LogP contribution in [0.15, 0.2) is 42.5 Å². The van der Waals surface area contributed by atoms with Gasteiger partial charge in [0.05, 0.1) is 0 Å². The van der Waals surface area contributed by atoms with Crippen molar-refractivity contribution in [3.8, 4) is 11.5 Å². The second-order valence-electron chi connectivity index (χ2n) is 4.17. The minimum atomic E-state index is -0.261. The molecule has 94 valence electrons. The van der Waals surface area contributed by atoms with Crippen molar-refractivity contribution in [2.24, 2.45) is 0 Å². The third-order valence-corrected chi connectivity index (χ3v) is 2.73. The normalized spacial score (nSPS) is 10.4. The topological polar surface area (TPSA) is 21.3 Å². The Morgan fingerprint density at radius 1 is 1.06 bits per heavy atom. The molecule has 0 saturated carbocycles. The summed E-state index contributed by atoms with van der Waals surface area (Å²) >= 11 is 0. The van der Waals surface area contributed by atoms with E-state index in [2.05, 4.69) is 5.32 Å². The molecule has 0 aliphatic heterocycles. The Kier molecular flexibility index (Phi) is 3.95. The molecular weight excluding hydrogens is 229 g/mol. The molecule has 2 nitrogen and oxygen atoms in total. The minimum Gasteiger partial charge on any atom is -0.457 e. The molecule has 18 heavy (non-hydrogen) atoms. The SMILES string of the molecule is CNCc1ccc(Oc2ccc(F)cc2)cc1C. The third kappa shape index (κ3) is 3.08. The van der Waals surface area contributed by atoms with Crippen LogP contribution in [0, 0.1) is 12.7 Å². The highest BCUT2D eigenvalue weighted by Crippen LogP contribution is 2.23. The molecule has 0 amide bonds. The molecule has 0 unspecified atom stereocenters. The van der Waals surface area contributed by atoms with E-state index in [1.54, 1.807) is 12.1 Å². The van der Waals surface area contributed by atoms with Crippen molar-refractivity contribution >= 4 is 0 Å². The predicted octanol–water partition coefficient (Wildman–Crippen LogP) is 3.65. The summed E-state index contributed by atoms with van der Waals surface area (Å²) in [5.74, 6) is 1.14. The molecular formula is C15H16FNO. The first-order chi connectivity index (χ1) is 8.69. The summed E-state index contributed by atoms with van der Waals surface area (Å²) in [5.41, 5.74) is 2.41. The van der Waals surface area contributed by atoms with Gasteiger partial charge in [-0.3, -0.25) is 0 Å². The van der Waals surface area contributed by atoms with E-state index in [1.807, 2.05) is 32.2 Å². The summed E-state index contributed by atoms with van der Waals surface area (Å²) in [5, 5.41) is 3.12. The monoisotopic (exact) mass is 245 g/mol. The Labute approximate surface area is 106 Å². The molecule has 0 spiro atoms. The van der Waals surface area contributed by atoms with Crippen molar-refractivity contribution < 1.29 is 9.13 Å². The number of aryl methyl sites for hydroxylation is 1. The number of rotatable bonds is 4. The van der Waals surface area contributed by atoms with E-state index in [0.29, 0.717) is 5.75 Å². The van der Waals surface area contributed by atoms with Gasteiger partial charge in [0.25, 0.3) is 0 Å². The van der Waals surface area contributed by atoms with Gasteiger partial charge in [0.15, 0.2) is 0 Å². The molecule has 0 aliphatic rings. The highest BCUT2D eigenvalue weighted by molar-refractivity contribution is 5.37. The number of hydrogen-bond donors (Lipinski definition) is 1. The van der Waals surface area contributed by atoms with Crippen molar-refractivity contribution in [1.29, 1.82) is 0 Å². The van der Waals surface area contributed by atoms with Crippen LogP contribution in [-0.4, -0.2) is 7.05 Å². The van der Waals surface area contributed by atoms with E-state index in [0.717, 1.165) is 12.3 Å². The molecule has 2 aromatic rings. The molecule has 0 aliphatic carbocycles. The lowest BCUT2D eigenvalue weighted by atomic mass is 10.1. The Bertz CT molecular complexity index is 523. The van der Waals surface area contributed by atoms with Crippen LogP contribution in [0.4, 0.5) is 4.39 Å². The summed E-state index contributed by atoms with van der Waals surface area (Å²) in [4.78, 5) is 0. The first-order valence-corrected chi connectivity index (χ1v) is 5.86. The van der Waals surface area contributed by atoms with E-state index in [1.165, 1.54) is 23.3 Å². The number of nitrogens with one attached hydrogen (secondary N) is 1. The standard InChI is InChI=1S/C15H16FNO/c1-11-9-15(6-3-12(11)10-17-2)18-14-7-4-13(16)5-8-14/h3-9,17H,10H2,1-2H3. The first kappa shape index (κ1) is 12.6. The first-order valence-electron chi connectivity index (χ1n) is 5.86. The van der Waals surface area contributed by atoms with Crippen molar-refractivity contribution in [2.45, 2.75) is 13.5 Å². The Morgan fingerprint density at radius 2 is 1.72 bits per heavy atom. The van der Waals surface area contributed by atoms with Gasteiger partial charge >= 0.3 is 0 Å². The fraction of sp³-hybridized carbons (Fsp3) is 0.200. The summed E-state index contributed by atoms with van der Waals surface area (Å²) < 4.78 is 18.4. The van der Waals surface area contributed by atoms with Gasteiger partial charge < -0.3 is 10.1 Å². The molecule has 0 atom stereocenters. The summed E-state index contributed by atoms with van der Waals surface area (Å²) in [6, 6.07) is 11.9. The van der Waals surface area contributed by atoms with Crippen molar-refractivity contribution in [2.75, 3.05) is 7.05 Å². The highest BCUT2D eigenvalue weighted by atomic mass is 19.1. The maximum atomic E-state index is 12.8. The summed E-state index contributed by atoms with van der Waals surface area (Å²) in [7, 11) is 1.92. The Balaban J connectivity index is 2.14. The quantitative estimate of drug-likeness (QED) is 0.887. The second kappa shape index (κ2) is 5.65. The largest absolute Gasteiger partial charge is 0.457 e. The molecule has 2 rings (SSSR count). The predicted molar refractivity (Wildman–Crippen MR) is 70.4 cm³/mol. The molecule has 0 heterocycles. The number of hydrogen-bond acceptors (Lipinski definition) is 2. The zero-order valence-electron chi connectivity index (χ0n) is 10.5. The summed E-state index contributed by atoms with van der Waals surface area (Å²) in [6.07, 6.45) is 0. The van der Waals surface area contributed by atoms with Gasteiger partial charge in [-0.05, 0) is 61.5 Å². The minimum absolute atomic E-state index is 0.261. The van der Waals surface area contributed by atoms with Crippen molar-refractivity contribution in [3.63, 3.8) is 0 Å². The fourth-order valence-electron chi connectivity index (χ4n) is 1.76. The maximum Gasteiger partial charge on any atom is 0.127 e. The van der Waals surface area contributed by atoms with Gasteiger partial charge in [0, 0.05) is 6.54 Å². The van der Waals surface area contributed by atoms with Crippen LogP contribution in [-0.2, 0) is 6.54 Å². The van der Waals surface area contributed by atoms with Crippen LogP contribution in [0.5, 0.6) is 11.5 Å². The highest BCUT2D eigenvalue weighted by Gasteiger charge is 2.02. The fourth-order valence-corrected chi connectivity index (χ4v) is 1.76. The molecule has 0 bridgehead atoms. The molecule has 0 fully saturated rings. The van der Waals surface area contributed by atoms with Crippen molar-refractivity contribution in [1.82, 2.24) is 5.32 Å². The van der Waals surface area contributed by atoms with Crippen LogP contribution >= 0.6 is 0 Å². The van der Waals surface area contributed by atoms with Gasteiger partial charge in [-0.15, -0.1) is 0 Å². The van der Waals surface area contributed by atoms with E-state index in [9.17, 15) is 4.39 Å². The maximum absolute atomic E-state index is 12.8. The molecule has 1 N–H and O–H groups in total. The number of ether oxygens (including phenoxy) is 1. The molecule has 2 aromatic carbocycles. The summed E-state index contributed by atoms with van der Waals surface area (Å²) in [6.45, 7) is 2.88. The average molecular weight is 245 g/mol. The zero-order chi connectivity index (χ0) is 13.0. The lowest BCUT2D eigenvalue weighted by molar-refractivity contribution is 0.480. The van der Waals surface area contributed by atoms with Gasteiger partial charge in [0.2, 0.25) is 0 Å².